The lowest BCUT2D eigenvalue weighted by molar-refractivity contribution is 0.0935. The summed E-state index contributed by atoms with van der Waals surface area (Å²) in [7, 11) is 3.97. The highest BCUT2D eigenvalue weighted by Crippen LogP contribution is 2.15. The summed E-state index contributed by atoms with van der Waals surface area (Å²) >= 11 is 0. The molecular formula is C14H24N4O. The minimum Gasteiger partial charge on any atom is -0.385 e. The summed E-state index contributed by atoms with van der Waals surface area (Å²) in [6.07, 6.45) is 1.63. The first-order valence-corrected chi connectivity index (χ1v) is 6.60. The number of aryl methyl sites for hydroxylation is 1. The molecule has 1 atom stereocenters. The van der Waals surface area contributed by atoms with Crippen LogP contribution < -0.4 is 10.6 Å². The van der Waals surface area contributed by atoms with Crippen LogP contribution in [0.2, 0.25) is 0 Å². The number of carbonyl (C=O) groups is 1. The quantitative estimate of drug-likeness (QED) is 0.817. The zero-order valence-corrected chi connectivity index (χ0v) is 12.4. The fraction of sp³-hybridized carbons (Fsp3) is 0.571. The number of anilines is 1. The molecule has 0 bridgehead atoms. The number of carbonyl (C=O) groups excluding carboxylic acids is 1. The van der Waals surface area contributed by atoms with Gasteiger partial charge in [-0.15, -0.1) is 0 Å². The number of nitrogens with zero attached hydrogens (tertiary/aromatic N) is 2. The predicted octanol–water partition coefficient (Wildman–Crippen LogP) is 1.50. The smallest absolute Gasteiger partial charge is 0.255 e. The number of pyridine rings is 1. The van der Waals surface area contributed by atoms with E-state index >= 15 is 0 Å². The third kappa shape index (κ3) is 4.87. The predicted molar refractivity (Wildman–Crippen MR) is 78.6 cm³/mol. The van der Waals surface area contributed by atoms with Gasteiger partial charge in [-0.25, -0.2) is 0 Å². The first-order chi connectivity index (χ1) is 8.93. The molecular weight excluding hydrogens is 240 g/mol. The molecule has 1 unspecified atom stereocenters. The average Bonchev–Trinajstić information content (AvgIpc) is 2.27. The SMILES string of the molecule is CCNc1cc(C)ncc1C(=O)NC(C)CN(C)C. The molecule has 0 fully saturated rings. The Morgan fingerprint density at radius 3 is 2.74 bits per heavy atom. The van der Waals surface area contributed by atoms with Gasteiger partial charge >= 0.3 is 0 Å². The Kier molecular flexibility index (Phi) is 5.76. The lowest BCUT2D eigenvalue weighted by atomic mass is 10.1. The van der Waals surface area contributed by atoms with E-state index in [4.69, 9.17) is 0 Å². The van der Waals surface area contributed by atoms with Crippen LogP contribution in [0.15, 0.2) is 12.3 Å². The summed E-state index contributed by atoms with van der Waals surface area (Å²) in [6, 6.07) is 1.99. The van der Waals surface area contributed by atoms with Crippen molar-refractivity contribution in [3.8, 4) is 0 Å². The number of amides is 1. The molecule has 1 aromatic rings. The highest BCUT2D eigenvalue weighted by Gasteiger charge is 2.14. The molecule has 2 N–H and O–H groups in total. The summed E-state index contributed by atoms with van der Waals surface area (Å²) in [5.74, 6) is -0.0854. The number of hydrogen-bond acceptors (Lipinski definition) is 4. The van der Waals surface area contributed by atoms with Crippen molar-refractivity contribution in [2.24, 2.45) is 0 Å². The fourth-order valence-corrected chi connectivity index (χ4v) is 1.97. The molecule has 1 aromatic heterocycles. The van der Waals surface area contributed by atoms with E-state index in [1.807, 2.05) is 45.8 Å². The third-order valence-electron chi connectivity index (χ3n) is 2.67. The summed E-state index contributed by atoms with van der Waals surface area (Å²) in [5.41, 5.74) is 2.33. The topological polar surface area (TPSA) is 57.3 Å². The van der Waals surface area contributed by atoms with Gasteiger partial charge in [0.05, 0.1) is 11.3 Å². The molecule has 1 heterocycles. The van der Waals surface area contributed by atoms with Crippen LogP contribution in [0.5, 0.6) is 0 Å². The Morgan fingerprint density at radius 1 is 1.47 bits per heavy atom. The molecule has 0 saturated heterocycles. The van der Waals surface area contributed by atoms with Crippen molar-refractivity contribution in [2.45, 2.75) is 26.8 Å². The van der Waals surface area contributed by atoms with Gasteiger partial charge in [-0.05, 0) is 40.9 Å². The Hall–Kier alpha value is -1.62. The Bertz CT molecular complexity index is 431. The van der Waals surface area contributed by atoms with Gasteiger partial charge in [-0.3, -0.25) is 9.78 Å². The van der Waals surface area contributed by atoms with Crippen molar-refractivity contribution in [3.05, 3.63) is 23.5 Å². The lowest BCUT2D eigenvalue weighted by Crippen LogP contribution is -2.39. The number of likely N-dealkylation sites (N-methyl/N-ethyl adjacent to an activating group) is 1. The van der Waals surface area contributed by atoms with Crippen molar-refractivity contribution in [1.82, 2.24) is 15.2 Å². The largest absolute Gasteiger partial charge is 0.385 e. The second-order valence-corrected chi connectivity index (χ2v) is 5.04. The maximum absolute atomic E-state index is 12.2. The van der Waals surface area contributed by atoms with E-state index in [9.17, 15) is 4.79 Å². The number of rotatable bonds is 6. The molecule has 5 nitrogen and oxygen atoms in total. The van der Waals surface area contributed by atoms with Crippen molar-refractivity contribution in [2.75, 3.05) is 32.5 Å². The molecule has 0 radical (unpaired) electrons. The zero-order valence-electron chi connectivity index (χ0n) is 12.4. The summed E-state index contributed by atoms with van der Waals surface area (Å²) in [6.45, 7) is 7.49. The van der Waals surface area contributed by atoms with Crippen LogP contribution in [0.1, 0.15) is 29.9 Å². The molecule has 0 aliphatic carbocycles. The van der Waals surface area contributed by atoms with E-state index in [-0.39, 0.29) is 11.9 Å². The van der Waals surface area contributed by atoms with Crippen LogP contribution in [0.3, 0.4) is 0 Å². The monoisotopic (exact) mass is 264 g/mol. The van der Waals surface area contributed by atoms with Gasteiger partial charge in [0.1, 0.15) is 0 Å². The molecule has 19 heavy (non-hydrogen) atoms. The van der Waals surface area contributed by atoms with Gasteiger partial charge in [0.15, 0.2) is 0 Å². The number of nitrogens with one attached hydrogen (secondary N) is 2. The maximum atomic E-state index is 12.2. The van der Waals surface area contributed by atoms with Crippen LogP contribution >= 0.6 is 0 Å². The summed E-state index contributed by atoms with van der Waals surface area (Å²) in [4.78, 5) is 18.5. The molecule has 0 aliphatic rings. The lowest BCUT2D eigenvalue weighted by Gasteiger charge is -2.19. The van der Waals surface area contributed by atoms with Crippen molar-refractivity contribution >= 4 is 11.6 Å². The number of aromatic nitrogens is 1. The van der Waals surface area contributed by atoms with Gasteiger partial charge in [-0.2, -0.15) is 0 Å². The molecule has 0 saturated carbocycles. The van der Waals surface area contributed by atoms with Gasteiger partial charge in [0.2, 0.25) is 0 Å². The van der Waals surface area contributed by atoms with Gasteiger partial charge in [-0.1, -0.05) is 0 Å². The average molecular weight is 264 g/mol. The van der Waals surface area contributed by atoms with E-state index in [1.165, 1.54) is 0 Å². The van der Waals surface area contributed by atoms with Crippen molar-refractivity contribution < 1.29 is 4.79 Å². The molecule has 1 amide bonds. The molecule has 106 valence electrons. The van der Waals surface area contributed by atoms with Crippen molar-refractivity contribution in [1.29, 1.82) is 0 Å². The zero-order chi connectivity index (χ0) is 14.4. The van der Waals surface area contributed by atoms with Crippen LogP contribution in [0, 0.1) is 6.92 Å². The summed E-state index contributed by atoms with van der Waals surface area (Å²) < 4.78 is 0. The van der Waals surface area contributed by atoms with Gasteiger partial charge in [0, 0.05) is 31.0 Å². The third-order valence-corrected chi connectivity index (χ3v) is 2.67. The van der Waals surface area contributed by atoms with E-state index < -0.39 is 0 Å². The Balaban J connectivity index is 2.81. The van der Waals surface area contributed by atoms with E-state index in [2.05, 4.69) is 15.6 Å². The molecule has 0 spiro atoms. The first kappa shape index (κ1) is 15.4. The first-order valence-electron chi connectivity index (χ1n) is 6.60. The minimum absolute atomic E-state index is 0.0854. The van der Waals surface area contributed by atoms with Crippen LogP contribution in [0.4, 0.5) is 5.69 Å². The van der Waals surface area contributed by atoms with Gasteiger partial charge in [0.25, 0.3) is 5.91 Å². The molecule has 5 heteroatoms. The molecule has 0 aromatic carbocycles. The molecule has 0 aliphatic heterocycles. The molecule has 1 rings (SSSR count). The highest BCUT2D eigenvalue weighted by molar-refractivity contribution is 5.99. The van der Waals surface area contributed by atoms with Crippen LogP contribution in [0.25, 0.3) is 0 Å². The summed E-state index contributed by atoms with van der Waals surface area (Å²) in [5, 5.41) is 6.19. The standard InChI is InChI=1S/C14H24N4O/c1-6-15-13-7-10(2)16-8-12(13)14(19)17-11(3)9-18(4)5/h7-8,11H,6,9H2,1-5H3,(H,15,16)(H,17,19). The second-order valence-electron chi connectivity index (χ2n) is 5.04. The van der Waals surface area contributed by atoms with Gasteiger partial charge < -0.3 is 15.5 Å². The number of hydrogen-bond donors (Lipinski definition) is 2. The Morgan fingerprint density at radius 2 is 2.16 bits per heavy atom. The second kappa shape index (κ2) is 7.09. The fourth-order valence-electron chi connectivity index (χ4n) is 1.97. The van der Waals surface area contributed by atoms with Crippen LogP contribution in [-0.2, 0) is 0 Å². The maximum Gasteiger partial charge on any atom is 0.255 e. The van der Waals surface area contributed by atoms with Crippen molar-refractivity contribution in [3.63, 3.8) is 0 Å². The minimum atomic E-state index is -0.0854. The van der Waals surface area contributed by atoms with Crippen LogP contribution in [-0.4, -0.2) is 49.0 Å². The van der Waals surface area contributed by atoms with E-state index in [0.29, 0.717) is 5.56 Å². The highest BCUT2D eigenvalue weighted by atomic mass is 16.1. The van der Waals surface area contributed by atoms with E-state index in [0.717, 1.165) is 24.5 Å². The normalized spacial score (nSPS) is 12.3. The Labute approximate surface area is 115 Å². The van der Waals surface area contributed by atoms with E-state index in [1.54, 1.807) is 6.20 Å².